The molecule has 0 bridgehead atoms. The van der Waals surface area contributed by atoms with Gasteiger partial charge in [0.1, 0.15) is 0 Å². The number of hydrogen-bond donors (Lipinski definition) is 0. The summed E-state index contributed by atoms with van der Waals surface area (Å²) in [7, 11) is 0. The molecule has 0 aliphatic rings. The fourth-order valence-corrected chi connectivity index (χ4v) is 17.4. The maximum absolute atomic E-state index is 5.28. The van der Waals surface area contributed by atoms with Gasteiger partial charge in [0.05, 0.1) is 56.1 Å². The van der Waals surface area contributed by atoms with Crippen LogP contribution in [0, 0.1) is 0 Å². The van der Waals surface area contributed by atoms with Gasteiger partial charge in [0.2, 0.25) is 0 Å². The third-order valence-electron chi connectivity index (χ3n) is 23.7. The summed E-state index contributed by atoms with van der Waals surface area (Å²) in [5, 5.41) is 17.5. The van der Waals surface area contributed by atoms with E-state index in [1.165, 1.54) is 37.7 Å². The van der Waals surface area contributed by atoms with Gasteiger partial charge in [-0.3, -0.25) is 15.0 Å². The first-order valence-electron chi connectivity index (χ1n) is 41.8. The molecule has 0 fully saturated rings. The van der Waals surface area contributed by atoms with Crippen molar-refractivity contribution < 1.29 is 0 Å². The number of aromatic nitrogens is 8. The zero-order valence-corrected chi connectivity index (χ0v) is 67.3. The molecule has 0 aliphatic carbocycles. The second kappa shape index (κ2) is 32.2. The molecule has 124 heavy (non-hydrogen) atoms. The van der Waals surface area contributed by atoms with Crippen LogP contribution >= 0.6 is 0 Å². The molecule has 24 aromatic rings. The largest absolute Gasteiger partial charge is 0.264 e. The van der Waals surface area contributed by atoms with Crippen molar-refractivity contribution in [1.82, 2.24) is 39.9 Å². The SMILES string of the molecule is c1cc(-c2ccc3ccc4ccccc4c3n2)cc(-c2ccc3ccc4ccccc4c3n2)c1.c1ccc2c(c1)ccc1ccc(-c3cc(-c4ccc5ccc6ccccc6c5n4)cc(-c4ccc5ccc6ccccc6c5n4)c3)nc12.c1cncc(-c2cccc(-c3cc(-c4cccc(-c5cccnc5)c4)cc(-c4cccc(-c5cccnc5)c4)c3)c2)c1. The number of fused-ring (bicyclic) bond motifs is 15. The molecule has 578 valence electrons. The fraction of sp³-hybridized carbons (Fsp3) is 0. The first-order chi connectivity index (χ1) is 61.4. The first-order valence-corrected chi connectivity index (χ1v) is 41.8. The van der Waals surface area contributed by atoms with Gasteiger partial charge in [0.25, 0.3) is 0 Å². The summed E-state index contributed by atoms with van der Waals surface area (Å²) in [6.45, 7) is 0. The smallest absolute Gasteiger partial charge is 0.0787 e. The minimum Gasteiger partial charge on any atom is -0.264 e. The van der Waals surface area contributed by atoms with Crippen LogP contribution in [-0.4, -0.2) is 39.9 Å². The standard InChI is InChI=1S/C45H27N3.C39H27N3.C32H20N2/c1-4-10-37-28(7-1)13-16-31-19-22-40(46-43(31)37)34-25-35(41-23-20-32-17-14-29-8-2-5-11-38(29)44(32)47-41)27-36(26-34)42-24-21-33-18-15-30-9-3-6-12-39(30)45(33)48-42;1-7-28(34-13-4-16-40-25-34)19-31(10-1)37-22-38(32-11-2-8-29(20-32)35-14-5-17-41-26-35)24-39(23-37)33-12-3-9-30(21-33)36-15-6-18-42-27-36;1-3-10-27-21(6-1)12-14-23-16-18-29(33-31(23)27)25-8-5-9-26(20-25)30-19-17-24-15-13-22-7-2-4-11-28(22)32(24)34-30/h1-27H;1-27H;1-20H. The lowest BCUT2D eigenvalue weighted by molar-refractivity contribution is 1.33. The van der Waals surface area contributed by atoms with Crippen molar-refractivity contribution in [2.24, 2.45) is 0 Å². The first kappa shape index (κ1) is 73.7. The number of pyridine rings is 8. The molecule has 0 N–H and O–H groups in total. The molecular formula is C116H74N8. The van der Waals surface area contributed by atoms with Crippen LogP contribution in [0.5, 0.6) is 0 Å². The molecule has 0 radical (unpaired) electrons. The zero-order chi connectivity index (χ0) is 82.2. The van der Waals surface area contributed by atoms with Gasteiger partial charge < -0.3 is 0 Å². The van der Waals surface area contributed by atoms with Crippen LogP contribution in [0.3, 0.4) is 0 Å². The predicted octanol–water partition coefficient (Wildman–Crippen LogP) is 30.1. The molecule has 0 saturated carbocycles. The van der Waals surface area contributed by atoms with Gasteiger partial charge in [-0.1, -0.05) is 303 Å². The zero-order valence-electron chi connectivity index (χ0n) is 67.3. The Kier molecular flexibility index (Phi) is 19.1. The highest BCUT2D eigenvalue weighted by Gasteiger charge is 2.18. The van der Waals surface area contributed by atoms with Crippen LogP contribution in [0.15, 0.2) is 450 Å². The molecule has 0 amide bonds. The van der Waals surface area contributed by atoms with E-state index in [-0.39, 0.29) is 0 Å². The van der Waals surface area contributed by atoms with Crippen LogP contribution in [0.25, 0.3) is 231 Å². The van der Waals surface area contributed by atoms with E-state index in [0.29, 0.717) is 0 Å². The highest BCUT2D eigenvalue weighted by Crippen LogP contribution is 2.41. The van der Waals surface area contributed by atoms with Crippen molar-refractivity contribution >= 4 is 108 Å². The monoisotopic (exact) mass is 1580 g/mol. The minimum atomic E-state index is 0.916. The van der Waals surface area contributed by atoms with Crippen molar-refractivity contribution in [2.75, 3.05) is 0 Å². The third kappa shape index (κ3) is 14.6. The minimum absolute atomic E-state index is 0.916. The van der Waals surface area contributed by atoms with Crippen molar-refractivity contribution in [3.8, 4) is 123 Å². The van der Waals surface area contributed by atoms with Gasteiger partial charge in [0, 0.05) is 136 Å². The number of benzene rings is 16. The van der Waals surface area contributed by atoms with Crippen molar-refractivity contribution in [3.05, 3.63) is 450 Å². The Morgan fingerprint density at radius 3 is 0.556 bits per heavy atom. The van der Waals surface area contributed by atoms with E-state index in [1.54, 1.807) is 0 Å². The Labute approximate surface area is 716 Å². The quantitative estimate of drug-likeness (QED) is 0.118. The van der Waals surface area contributed by atoms with Gasteiger partial charge in [-0.15, -0.1) is 0 Å². The molecule has 16 aromatic carbocycles. The molecule has 8 heteroatoms. The summed E-state index contributed by atoms with van der Waals surface area (Å²) < 4.78 is 0. The third-order valence-corrected chi connectivity index (χ3v) is 23.7. The maximum Gasteiger partial charge on any atom is 0.0787 e. The van der Waals surface area contributed by atoms with E-state index in [1.807, 2.05) is 55.4 Å². The van der Waals surface area contributed by atoms with Gasteiger partial charge in [-0.05, 0) is 186 Å². The Bertz CT molecular complexity index is 7550. The van der Waals surface area contributed by atoms with E-state index in [2.05, 4.69) is 409 Å². The van der Waals surface area contributed by atoms with Crippen LogP contribution in [0.2, 0.25) is 0 Å². The van der Waals surface area contributed by atoms with Gasteiger partial charge in [0.15, 0.2) is 0 Å². The summed E-state index contributed by atoms with van der Waals surface area (Å²) in [5.74, 6) is 0. The topological polar surface area (TPSA) is 103 Å². The van der Waals surface area contributed by atoms with Gasteiger partial charge >= 0.3 is 0 Å². The molecule has 0 saturated heterocycles. The molecular weight excluding hydrogens is 1510 g/mol. The van der Waals surface area contributed by atoms with Gasteiger partial charge in [-0.25, -0.2) is 24.9 Å². The number of nitrogens with zero attached hydrogens (tertiary/aromatic N) is 8. The molecule has 0 spiro atoms. The molecule has 0 unspecified atom stereocenters. The molecule has 8 nitrogen and oxygen atoms in total. The lowest BCUT2D eigenvalue weighted by Gasteiger charge is -2.14. The Hall–Kier alpha value is -16.7. The number of hydrogen-bond acceptors (Lipinski definition) is 8. The molecule has 0 aliphatic heterocycles. The fourth-order valence-electron chi connectivity index (χ4n) is 17.4. The van der Waals surface area contributed by atoms with E-state index in [0.717, 1.165) is 194 Å². The normalized spacial score (nSPS) is 11.4. The summed E-state index contributed by atoms with van der Waals surface area (Å²) in [4.78, 5) is 39.0. The van der Waals surface area contributed by atoms with Crippen molar-refractivity contribution in [2.45, 2.75) is 0 Å². The van der Waals surface area contributed by atoms with E-state index >= 15 is 0 Å². The van der Waals surface area contributed by atoms with E-state index in [9.17, 15) is 0 Å². The lowest BCUT2D eigenvalue weighted by atomic mass is 9.91. The second-order valence-corrected chi connectivity index (χ2v) is 31.4. The second-order valence-electron chi connectivity index (χ2n) is 31.4. The average Bonchev–Trinajstić information content (AvgIpc) is 0.688. The van der Waals surface area contributed by atoms with E-state index in [4.69, 9.17) is 24.9 Å². The van der Waals surface area contributed by atoms with Crippen LogP contribution in [0.4, 0.5) is 0 Å². The average molecular weight is 1580 g/mol. The van der Waals surface area contributed by atoms with Crippen molar-refractivity contribution in [3.63, 3.8) is 0 Å². The summed E-state index contributed by atoms with van der Waals surface area (Å²) >= 11 is 0. The highest BCUT2D eigenvalue weighted by atomic mass is 14.7. The summed E-state index contributed by atoms with van der Waals surface area (Å²) in [5.41, 5.74) is 28.7. The van der Waals surface area contributed by atoms with Crippen LogP contribution in [0.1, 0.15) is 0 Å². The van der Waals surface area contributed by atoms with E-state index < -0.39 is 0 Å². The predicted molar refractivity (Wildman–Crippen MR) is 517 cm³/mol. The lowest BCUT2D eigenvalue weighted by Crippen LogP contribution is -1.93. The highest BCUT2D eigenvalue weighted by molar-refractivity contribution is 6.11. The van der Waals surface area contributed by atoms with Gasteiger partial charge in [-0.2, -0.15) is 0 Å². The van der Waals surface area contributed by atoms with Crippen LogP contribution in [-0.2, 0) is 0 Å². The molecule has 8 aromatic heterocycles. The molecule has 0 atom stereocenters. The summed E-state index contributed by atoms with van der Waals surface area (Å²) in [6, 6.07) is 146. The molecule has 8 heterocycles. The van der Waals surface area contributed by atoms with Crippen molar-refractivity contribution in [1.29, 1.82) is 0 Å². The Morgan fingerprint density at radius 2 is 0.306 bits per heavy atom. The maximum atomic E-state index is 5.28. The van der Waals surface area contributed by atoms with Crippen LogP contribution < -0.4 is 0 Å². The number of rotatable bonds is 11. The molecule has 24 rings (SSSR count). The Balaban J connectivity index is 0.000000112. The Morgan fingerprint density at radius 1 is 0.121 bits per heavy atom. The summed E-state index contributed by atoms with van der Waals surface area (Å²) in [6.07, 6.45) is 11.2.